The van der Waals surface area contributed by atoms with Crippen LogP contribution in [0.2, 0.25) is 0 Å². The van der Waals surface area contributed by atoms with Crippen molar-refractivity contribution in [3.63, 3.8) is 0 Å². The van der Waals surface area contributed by atoms with Crippen LogP contribution in [0.4, 0.5) is 0 Å². The quantitative estimate of drug-likeness (QED) is 0.452. The lowest BCUT2D eigenvalue weighted by molar-refractivity contribution is 0.0898. The molecule has 152 valence electrons. The Morgan fingerprint density at radius 3 is 2.25 bits per heavy atom. The predicted molar refractivity (Wildman–Crippen MR) is 107 cm³/mol. The lowest BCUT2D eigenvalue weighted by atomic mass is 9.54. The van der Waals surface area contributed by atoms with E-state index in [1.807, 2.05) is 13.8 Å². The van der Waals surface area contributed by atoms with Crippen molar-refractivity contribution in [1.29, 1.82) is 0 Å². The molecule has 28 heavy (non-hydrogen) atoms. The molecular formula is C20H29N5O3. The van der Waals surface area contributed by atoms with Crippen molar-refractivity contribution in [2.75, 3.05) is 0 Å². The van der Waals surface area contributed by atoms with E-state index in [1.165, 1.54) is 4.57 Å². The first-order chi connectivity index (χ1) is 13.5. The number of aryl methyl sites for hydroxylation is 1. The maximum Gasteiger partial charge on any atom is 0.332 e. The highest BCUT2D eigenvalue weighted by molar-refractivity contribution is 5.70. The lowest BCUT2D eigenvalue weighted by Gasteiger charge is -2.50. The zero-order valence-electron chi connectivity index (χ0n) is 16.7. The van der Waals surface area contributed by atoms with E-state index in [0.717, 1.165) is 57.2 Å². The molecule has 3 aliphatic carbocycles. The zero-order chi connectivity index (χ0) is 19.9. The average Bonchev–Trinajstić information content (AvgIpc) is 3.16. The van der Waals surface area contributed by atoms with Crippen LogP contribution in [0.15, 0.2) is 14.7 Å². The minimum atomic E-state index is -0.266. The summed E-state index contributed by atoms with van der Waals surface area (Å²) in [5, 5.41) is 12.3. The molecule has 8 nitrogen and oxygen atoms in total. The molecule has 2 aromatic rings. The summed E-state index contributed by atoms with van der Waals surface area (Å²) < 4.78 is 2.99. The summed E-state index contributed by atoms with van der Waals surface area (Å²) in [5.74, 6) is 0.840. The summed E-state index contributed by atoms with van der Waals surface area (Å²) in [6.45, 7) is 4.94. The van der Waals surface area contributed by atoms with Crippen LogP contribution in [0.25, 0.3) is 11.2 Å². The van der Waals surface area contributed by atoms with Crippen molar-refractivity contribution in [3.8, 4) is 0 Å². The molecule has 2 N–H and O–H groups in total. The number of hydrogen-bond donors (Lipinski definition) is 2. The minimum Gasteiger partial charge on any atom is -0.411 e. The Balaban J connectivity index is 1.83. The number of fused-ring (bicyclic) bond motifs is 4. The lowest BCUT2D eigenvalue weighted by Crippen LogP contribution is -2.45. The molecule has 0 aliphatic heterocycles. The van der Waals surface area contributed by atoms with Crippen LogP contribution in [0, 0.1) is 5.41 Å². The van der Waals surface area contributed by atoms with Crippen LogP contribution in [0.5, 0.6) is 0 Å². The summed E-state index contributed by atoms with van der Waals surface area (Å²) >= 11 is 0. The molecule has 3 aliphatic rings. The van der Waals surface area contributed by atoms with Gasteiger partial charge in [-0.05, 0) is 51.4 Å². The highest BCUT2D eigenvalue weighted by atomic mass is 16.4. The SMILES string of the molecule is CCCn1c(=O)c2[nH]c(C34CCC(/C=N/O)(CC3)CC4)nc2n(CCC)c1=O. The van der Waals surface area contributed by atoms with E-state index < -0.39 is 0 Å². The molecule has 2 aromatic heterocycles. The van der Waals surface area contributed by atoms with E-state index in [9.17, 15) is 9.59 Å². The third kappa shape index (κ3) is 2.72. The number of oxime groups is 1. The molecule has 8 heteroatoms. The Kier molecular flexibility index (Phi) is 4.67. The van der Waals surface area contributed by atoms with E-state index in [4.69, 9.17) is 10.2 Å². The van der Waals surface area contributed by atoms with Crippen molar-refractivity contribution in [3.05, 3.63) is 26.7 Å². The van der Waals surface area contributed by atoms with Crippen molar-refractivity contribution in [2.24, 2.45) is 10.6 Å². The second kappa shape index (κ2) is 6.90. The van der Waals surface area contributed by atoms with Crippen LogP contribution in [0.3, 0.4) is 0 Å². The maximum atomic E-state index is 13.0. The molecule has 0 amide bonds. The smallest absolute Gasteiger partial charge is 0.332 e. The predicted octanol–water partition coefficient (Wildman–Crippen LogP) is 2.76. The molecule has 0 radical (unpaired) electrons. The molecule has 0 atom stereocenters. The fourth-order valence-corrected chi connectivity index (χ4v) is 5.15. The molecule has 3 fully saturated rings. The van der Waals surface area contributed by atoms with Crippen molar-refractivity contribution >= 4 is 17.4 Å². The van der Waals surface area contributed by atoms with Gasteiger partial charge in [-0.15, -0.1) is 5.16 Å². The van der Waals surface area contributed by atoms with E-state index in [1.54, 1.807) is 10.8 Å². The molecule has 0 aromatic carbocycles. The topological polar surface area (TPSA) is 105 Å². The molecular weight excluding hydrogens is 358 g/mol. The van der Waals surface area contributed by atoms with Gasteiger partial charge in [-0.25, -0.2) is 9.78 Å². The molecule has 0 spiro atoms. The Bertz CT molecular complexity index is 1000. The number of hydrogen-bond acceptors (Lipinski definition) is 5. The number of H-pyrrole nitrogens is 1. The minimum absolute atomic E-state index is 0.000661. The second-order valence-corrected chi connectivity index (χ2v) is 8.56. The summed E-state index contributed by atoms with van der Waals surface area (Å²) in [6.07, 6.45) is 8.93. The van der Waals surface area contributed by atoms with Gasteiger partial charge in [0.05, 0.1) is 0 Å². The van der Waals surface area contributed by atoms with E-state index in [0.29, 0.717) is 24.3 Å². The fraction of sp³-hybridized carbons (Fsp3) is 0.700. The summed E-state index contributed by atoms with van der Waals surface area (Å²) in [4.78, 5) is 34.0. The first-order valence-electron chi connectivity index (χ1n) is 10.4. The number of nitrogens with one attached hydrogen (secondary N) is 1. The van der Waals surface area contributed by atoms with Gasteiger partial charge < -0.3 is 10.2 Å². The third-order valence-corrected chi connectivity index (χ3v) is 6.89. The summed E-state index contributed by atoms with van der Waals surface area (Å²) in [6, 6.07) is 0. The molecule has 5 rings (SSSR count). The van der Waals surface area contributed by atoms with Gasteiger partial charge in [0.1, 0.15) is 11.3 Å². The Morgan fingerprint density at radius 1 is 1.07 bits per heavy atom. The zero-order valence-corrected chi connectivity index (χ0v) is 16.7. The van der Waals surface area contributed by atoms with Crippen molar-refractivity contribution < 1.29 is 5.21 Å². The number of aromatic amines is 1. The first kappa shape index (κ1) is 19.0. The summed E-state index contributed by atoms with van der Waals surface area (Å²) in [7, 11) is 0. The van der Waals surface area contributed by atoms with E-state index in [2.05, 4.69) is 10.1 Å². The van der Waals surface area contributed by atoms with Gasteiger partial charge in [0.15, 0.2) is 5.65 Å². The van der Waals surface area contributed by atoms with Crippen LogP contribution in [-0.4, -0.2) is 30.5 Å². The van der Waals surface area contributed by atoms with Crippen LogP contribution >= 0.6 is 0 Å². The Labute approximate surface area is 163 Å². The first-order valence-corrected chi connectivity index (χ1v) is 10.4. The molecule has 0 saturated heterocycles. The fourth-order valence-electron chi connectivity index (χ4n) is 5.15. The number of nitrogens with zero attached hydrogens (tertiary/aromatic N) is 4. The summed E-state index contributed by atoms with van der Waals surface area (Å²) in [5.41, 5.74) is 0.331. The monoisotopic (exact) mass is 387 g/mol. The molecule has 3 saturated carbocycles. The van der Waals surface area contributed by atoms with Crippen molar-refractivity contribution in [2.45, 2.75) is 83.7 Å². The average molecular weight is 387 g/mol. The highest BCUT2D eigenvalue weighted by Crippen LogP contribution is 2.56. The highest BCUT2D eigenvalue weighted by Gasteiger charge is 2.50. The van der Waals surface area contributed by atoms with Crippen LogP contribution in [-0.2, 0) is 18.5 Å². The normalized spacial score (nSPS) is 27.2. The molecule has 2 bridgehead atoms. The van der Waals surface area contributed by atoms with Gasteiger partial charge in [0, 0.05) is 30.1 Å². The largest absolute Gasteiger partial charge is 0.411 e. The van der Waals surface area contributed by atoms with Crippen LogP contribution in [0.1, 0.15) is 71.0 Å². The maximum absolute atomic E-state index is 13.0. The van der Waals surface area contributed by atoms with Gasteiger partial charge in [-0.3, -0.25) is 13.9 Å². The van der Waals surface area contributed by atoms with Crippen molar-refractivity contribution in [1.82, 2.24) is 19.1 Å². The third-order valence-electron chi connectivity index (χ3n) is 6.89. The number of aromatic nitrogens is 4. The van der Waals surface area contributed by atoms with E-state index >= 15 is 0 Å². The van der Waals surface area contributed by atoms with Gasteiger partial charge in [0.25, 0.3) is 5.56 Å². The van der Waals surface area contributed by atoms with E-state index in [-0.39, 0.29) is 22.1 Å². The van der Waals surface area contributed by atoms with Gasteiger partial charge in [-0.2, -0.15) is 0 Å². The van der Waals surface area contributed by atoms with Gasteiger partial charge in [0.2, 0.25) is 0 Å². The standard InChI is InChI=1S/C20H29N5O3/c1-3-11-24-15-14(16(26)25(12-4-2)18(24)27)22-17(23-15)20-8-5-19(6-9-20,7-10-20)13-21-28/h13,28H,3-12H2,1-2H3,(H,22,23)/b21-13+. The van der Waals surface area contributed by atoms with Crippen LogP contribution < -0.4 is 11.2 Å². The molecule has 2 heterocycles. The second-order valence-electron chi connectivity index (χ2n) is 8.56. The number of rotatable bonds is 6. The number of imidazole rings is 1. The Morgan fingerprint density at radius 2 is 1.68 bits per heavy atom. The Hall–Kier alpha value is -2.38. The van der Waals surface area contributed by atoms with Gasteiger partial charge >= 0.3 is 5.69 Å². The van der Waals surface area contributed by atoms with Gasteiger partial charge in [-0.1, -0.05) is 13.8 Å². The molecule has 0 unspecified atom stereocenters.